The molecule has 0 amide bonds. The zero-order valence-corrected chi connectivity index (χ0v) is 11.5. The lowest BCUT2D eigenvalue weighted by molar-refractivity contribution is -0.0125. The monoisotopic (exact) mass is 268 g/mol. The Hall–Kier alpha value is -0.770. The third-order valence-electron chi connectivity index (χ3n) is 3.63. The summed E-state index contributed by atoms with van der Waals surface area (Å²) in [6.45, 7) is 3.53. The zero-order valence-electron chi connectivity index (χ0n) is 10.8. The molecule has 2 unspecified atom stereocenters. The number of anilines is 1. The van der Waals surface area contributed by atoms with Gasteiger partial charge in [-0.1, -0.05) is 24.6 Å². The van der Waals surface area contributed by atoms with Crippen molar-refractivity contribution in [2.24, 2.45) is 5.73 Å². The number of hydrogen-bond acceptors (Lipinski definition) is 3. The van der Waals surface area contributed by atoms with Crippen molar-refractivity contribution in [2.45, 2.75) is 37.8 Å². The molecule has 1 aliphatic heterocycles. The Morgan fingerprint density at radius 3 is 3.06 bits per heavy atom. The van der Waals surface area contributed by atoms with Crippen LogP contribution >= 0.6 is 11.6 Å². The fraction of sp³-hybridized carbons (Fsp3) is 0.571. The Morgan fingerprint density at radius 1 is 1.56 bits per heavy atom. The summed E-state index contributed by atoms with van der Waals surface area (Å²) in [6, 6.07) is 7.79. The van der Waals surface area contributed by atoms with Crippen LogP contribution in [0.3, 0.4) is 0 Å². The molecule has 0 aliphatic carbocycles. The topological polar surface area (TPSA) is 47.3 Å². The maximum Gasteiger partial charge on any atom is 0.0595 e. The van der Waals surface area contributed by atoms with Gasteiger partial charge in [-0.2, -0.15) is 0 Å². The van der Waals surface area contributed by atoms with Crippen LogP contribution in [0.25, 0.3) is 0 Å². The first-order chi connectivity index (χ1) is 8.67. The first-order valence-corrected chi connectivity index (χ1v) is 6.91. The fourth-order valence-electron chi connectivity index (χ4n) is 2.50. The van der Waals surface area contributed by atoms with Crippen LogP contribution in [0.4, 0.5) is 5.69 Å². The van der Waals surface area contributed by atoms with Gasteiger partial charge in [-0.05, 0) is 37.5 Å². The smallest absolute Gasteiger partial charge is 0.0595 e. The molecule has 1 aliphatic rings. The standard InChI is InChI=1S/C14H21ClN2O/c1-2-13-9-14(10-16,6-7-18-13)17-12-5-3-4-11(15)8-12/h3-5,8,13,17H,2,6-7,9-10,16H2,1H3. The Labute approximate surface area is 114 Å². The molecule has 1 aromatic carbocycles. The van der Waals surface area contributed by atoms with Gasteiger partial charge in [-0.25, -0.2) is 0 Å². The first-order valence-electron chi connectivity index (χ1n) is 6.53. The minimum atomic E-state index is -0.0659. The van der Waals surface area contributed by atoms with E-state index in [1.807, 2.05) is 24.3 Å². The molecule has 1 aromatic rings. The van der Waals surface area contributed by atoms with E-state index in [9.17, 15) is 0 Å². The number of halogens is 1. The molecule has 4 heteroatoms. The molecule has 0 radical (unpaired) electrons. The Kier molecular flexibility index (Phi) is 4.49. The van der Waals surface area contributed by atoms with Crippen molar-refractivity contribution in [3.05, 3.63) is 29.3 Å². The quantitative estimate of drug-likeness (QED) is 0.882. The van der Waals surface area contributed by atoms with Crippen molar-refractivity contribution < 1.29 is 4.74 Å². The Bertz CT molecular complexity index is 399. The summed E-state index contributed by atoms with van der Waals surface area (Å²) in [6.07, 6.45) is 3.21. The molecule has 100 valence electrons. The van der Waals surface area contributed by atoms with Crippen molar-refractivity contribution in [2.75, 3.05) is 18.5 Å². The molecule has 0 aromatic heterocycles. The number of benzene rings is 1. The van der Waals surface area contributed by atoms with Crippen LogP contribution in [0.1, 0.15) is 26.2 Å². The third-order valence-corrected chi connectivity index (χ3v) is 3.87. The van der Waals surface area contributed by atoms with Gasteiger partial charge in [0, 0.05) is 23.9 Å². The van der Waals surface area contributed by atoms with E-state index in [-0.39, 0.29) is 5.54 Å². The molecular weight excluding hydrogens is 248 g/mol. The van der Waals surface area contributed by atoms with Crippen LogP contribution in [0.5, 0.6) is 0 Å². The number of hydrogen-bond donors (Lipinski definition) is 2. The molecule has 1 heterocycles. The van der Waals surface area contributed by atoms with Crippen molar-refractivity contribution >= 4 is 17.3 Å². The third kappa shape index (κ3) is 3.16. The number of rotatable bonds is 4. The zero-order chi connectivity index (χ0) is 13.0. The van der Waals surface area contributed by atoms with Gasteiger partial charge in [0.1, 0.15) is 0 Å². The maximum atomic E-state index is 6.01. The van der Waals surface area contributed by atoms with E-state index in [2.05, 4.69) is 12.2 Å². The maximum absolute atomic E-state index is 6.01. The van der Waals surface area contributed by atoms with Crippen LogP contribution in [-0.4, -0.2) is 24.8 Å². The van der Waals surface area contributed by atoms with E-state index in [1.165, 1.54) is 0 Å². The highest BCUT2D eigenvalue weighted by molar-refractivity contribution is 6.30. The second kappa shape index (κ2) is 5.91. The van der Waals surface area contributed by atoms with Gasteiger partial charge in [-0.15, -0.1) is 0 Å². The first kappa shape index (κ1) is 13.7. The summed E-state index contributed by atoms with van der Waals surface area (Å²) in [7, 11) is 0. The van der Waals surface area contributed by atoms with E-state index < -0.39 is 0 Å². The average Bonchev–Trinajstić information content (AvgIpc) is 2.39. The summed E-state index contributed by atoms with van der Waals surface area (Å²) >= 11 is 6.01. The summed E-state index contributed by atoms with van der Waals surface area (Å²) in [5, 5.41) is 4.30. The van der Waals surface area contributed by atoms with Gasteiger partial charge in [0.25, 0.3) is 0 Å². The predicted octanol–water partition coefficient (Wildman–Crippen LogP) is 3.04. The van der Waals surface area contributed by atoms with E-state index in [0.29, 0.717) is 12.6 Å². The molecule has 0 spiro atoms. The molecule has 18 heavy (non-hydrogen) atoms. The summed E-state index contributed by atoms with van der Waals surface area (Å²) in [5.74, 6) is 0. The van der Waals surface area contributed by atoms with Gasteiger partial charge >= 0.3 is 0 Å². The summed E-state index contributed by atoms with van der Waals surface area (Å²) in [5.41, 5.74) is 6.96. The Balaban J connectivity index is 2.12. The van der Waals surface area contributed by atoms with Gasteiger partial charge in [-0.3, -0.25) is 0 Å². The average molecular weight is 269 g/mol. The van der Waals surface area contributed by atoms with Gasteiger partial charge in [0.05, 0.1) is 11.6 Å². The van der Waals surface area contributed by atoms with Gasteiger partial charge < -0.3 is 15.8 Å². The predicted molar refractivity (Wildman–Crippen MR) is 76.1 cm³/mol. The van der Waals surface area contributed by atoms with Crippen LogP contribution in [-0.2, 0) is 4.74 Å². The summed E-state index contributed by atoms with van der Waals surface area (Å²) < 4.78 is 5.72. The Morgan fingerprint density at radius 2 is 2.39 bits per heavy atom. The van der Waals surface area contributed by atoms with E-state index in [1.54, 1.807) is 0 Å². The molecular formula is C14H21ClN2O. The fourth-order valence-corrected chi connectivity index (χ4v) is 2.69. The van der Waals surface area contributed by atoms with Crippen LogP contribution in [0.15, 0.2) is 24.3 Å². The minimum absolute atomic E-state index is 0.0659. The van der Waals surface area contributed by atoms with E-state index in [0.717, 1.165) is 36.6 Å². The highest BCUT2D eigenvalue weighted by Crippen LogP contribution is 2.30. The molecule has 0 saturated carbocycles. The molecule has 0 bridgehead atoms. The largest absolute Gasteiger partial charge is 0.378 e. The highest BCUT2D eigenvalue weighted by Gasteiger charge is 2.35. The van der Waals surface area contributed by atoms with Crippen molar-refractivity contribution in [1.82, 2.24) is 0 Å². The molecule has 2 atom stereocenters. The minimum Gasteiger partial charge on any atom is -0.378 e. The van der Waals surface area contributed by atoms with Gasteiger partial charge in [0.2, 0.25) is 0 Å². The van der Waals surface area contributed by atoms with Gasteiger partial charge in [0.15, 0.2) is 0 Å². The van der Waals surface area contributed by atoms with Crippen LogP contribution in [0, 0.1) is 0 Å². The second-order valence-electron chi connectivity index (χ2n) is 4.97. The van der Waals surface area contributed by atoms with Crippen molar-refractivity contribution in [3.63, 3.8) is 0 Å². The normalized spacial score (nSPS) is 28.1. The summed E-state index contributed by atoms with van der Waals surface area (Å²) in [4.78, 5) is 0. The number of nitrogens with two attached hydrogens (primary N) is 1. The van der Waals surface area contributed by atoms with Crippen LogP contribution < -0.4 is 11.1 Å². The number of ether oxygens (including phenoxy) is 1. The van der Waals surface area contributed by atoms with E-state index in [4.69, 9.17) is 22.1 Å². The number of nitrogens with one attached hydrogen (secondary N) is 1. The lowest BCUT2D eigenvalue weighted by Crippen LogP contribution is -2.52. The van der Waals surface area contributed by atoms with Crippen LogP contribution in [0.2, 0.25) is 5.02 Å². The molecule has 3 nitrogen and oxygen atoms in total. The molecule has 1 fully saturated rings. The van der Waals surface area contributed by atoms with Crippen molar-refractivity contribution in [3.8, 4) is 0 Å². The molecule has 2 rings (SSSR count). The highest BCUT2D eigenvalue weighted by atomic mass is 35.5. The van der Waals surface area contributed by atoms with Crippen molar-refractivity contribution in [1.29, 1.82) is 0 Å². The SMILES string of the molecule is CCC1CC(CN)(Nc2cccc(Cl)c2)CCO1. The van der Waals surface area contributed by atoms with E-state index >= 15 is 0 Å². The molecule has 1 saturated heterocycles. The second-order valence-corrected chi connectivity index (χ2v) is 5.41. The lowest BCUT2D eigenvalue weighted by Gasteiger charge is -2.41. The molecule has 3 N–H and O–H groups in total. The lowest BCUT2D eigenvalue weighted by atomic mass is 9.85.